The van der Waals surface area contributed by atoms with Crippen LogP contribution >= 0.6 is 0 Å². The summed E-state index contributed by atoms with van der Waals surface area (Å²) in [6, 6.07) is 22.7. The van der Waals surface area contributed by atoms with Crippen molar-refractivity contribution in [3.63, 3.8) is 0 Å². The molecule has 0 aromatic heterocycles. The third kappa shape index (κ3) is 9.80. The molecule has 4 heteroatoms. The molecule has 0 aliphatic carbocycles. The maximum Gasteiger partial charge on any atom is 0.343 e. The van der Waals surface area contributed by atoms with E-state index in [1.807, 2.05) is 54.6 Å². The lowest BCUT2D eigenvalue weighted by Crippen LogP contribution is -2.11. The quantitative estimate of drug-likeness (QED) is 0.0851. The highest BCUT2D eigenvalue weighted by Gasteiger charge is 2.10. The summed E-state index contributed by atoms with van der Waals surface area (Å²) >= 11 is 0. The van der Waals surface area contributed by atoms with Gasteiger partial charge in [-0.2, -0.15) is 0 Å². The number of hydrogen-bond acceptors (Lipinski definition) is 4. The van der Waals surface area contributed by atoms with Gasteiger partial charge in [0.25, 0.3) is 0 Å². The number of carbonyl (C=O) groups is 1. The summed E-state index contributed by atoms with van der Waals surface area (Å²) in [5.41, 5.74) is 2.60. The highest BCUT2D eigenvalue weighted by atomic mass is 16.5. The molecule has 0 aliphatic rings. The van der Waals surface area contributed by atoms with E-state index in [-0.39, 0.29) is 12.1 Å². The minimum atomic E-state index is -0.385. The van der Waals surface area contributed by atoms with Gasteiger partial charge in [0.15, 0.2) is 0 Å². The molecule has 0 saturated carbocycles. The minimum absolute atomic E-state index is 0.167. The zero-order valence-corrected chi connectivity index (χ0v) is 22.3. The Balaban J connectivity index is 1.47. The van der Waals surface area contributed by atoms with Gasteiger partial charge in [0.2, 0.25) is 0 Å². The van der Waals surface area contributed by atoms with Crippen molar-refractivity contribution in [3.05, 3.63) is 91.0 Å². The number of carbonyl (C=O) groups excluding carboxylic acids is 1. The normalized spacial score (nSPS) is 11.5. The topological polar surface area (TPSA) is 44.8 Å². The molecule has 0 aliphatic heterocycles. The molecule has 196 valence electrons. The van der Waals surface area contributed by atoms with Crippen LogP contribution in [0.25, 0.3) is 11.1 Å². The summed E-state index contributed by atoms with van der Waals surface area (Å²) in [4.78, 5) is 12.6. The molecular weight excluding hydrogens is 460 g/mol. The lowest BCUT2D eigenvalue weighted by molar-refractivity contribution is 0.0734. The molecular formula is C33H40O4. The van der Waals surface area contributed by atoms with Crippen LogP contribution in [0.4, 0.5) is 0 Å². The summed E-state index contributed by atoms with van der Waals surface area (Å²) in [7, 11) is 0. The average Bonchev–Trinajstić information content (AvgIpc) is 2.92. The molecule has 0 saturated heterocycles. The number of hydrogen-bond donors (Lipinski definition) is 0. The number of benzene rings is 3. The molecule has 0 radical (unpaired) electrons. The number of ether oxygens (including phenoxy) is 3. The molecule has 3 rings (SSSR count). The third-order valence-electron chi connectivity index (χ3n) is 6.22. The van der Waals surface area contributed by atoms with Crippen LogP contribution in [0.2, 0.25) is 0 Å². The van der Waals surface area contributed by atoms with Crippen molar-refractivity contribution < 1.29 is 19.0 Å². The second kappa shape index (κ2) is 15.6. The Bertz CT molecular complexity index is 1070. The highest BCUT2D eigenvalue weighted by molar-refractivity contribution is 5.91. The molecule has 0 bridgehead atoms. The molecule has 0 amide bonds. The Kier molecular flexibility index (Phi) is 11.8. The second-order valence-corrected chi connectivity index (χ2v) is 9.37. The van der Waals surface area contributed by atoms with Gasteiger partial charge in [0.05, 0.1) is 18.3 Å². The van der Waals surface area contributed by atoms with Crippen LogP contribution in [0.1, 0.15) is 75.6 Å². The van der Waals surface area contributed by atoms with E-state index in [0.717, 1.165) is 48.3 Å². The summed E-state index contributed by atoms with van der Waals surface area (Å²) in [5, 5.41) is 0. The van der Waals surface area contributed by atoms with Crippen molar-refractivity contribution in [1.82, 2.24) is 0 Å². The van der Waals surface area contributed by atoms with E-state index in [2.05, 4.69) is 20.4 Å². The van der Waals surface area contributed by atoms with E-state index in [9.17, 15) is 4.79 Å². The van der Waals surface area contributed by atoms with Gasteiger partial charge in [0.1, 0.15) is 17.2 Å². The second-order valence-electron chi connectivity index (χ2n) is 9.37. The van der Waals surface area contributed by atoms with Crippen molar-refractivity contribution in [2.24, 2.45) is 0 Å². The zero-order valence-electron chi connectivity index (χ0n) is 22.3. The standard InChI is InChI=1S/C33H40O4/c1-4-6-8-10-12-26(3)36-31-21-23-32(24-22-31)37-33(34)29-15-13-27(14-16-29)28-17-19-30(20-18-28)35-25-11-9-7-5-2/h5,13-24,26H,2,4,6-12,25H2,1,3H3. The summed E-state index contributed by atoms with van der Waals surface area (Å²) < 4.78 is 17.3. The van der Waals surface area contributed by atoms with Gasteiger partial charge in [-0.1, -0.05) is 56.5 Å². The van der Waals surface area contributed by atoms with Gasteiger partial charge >= 0.3 is 5.97 Å². The Labute approximate surface area is 222 Å². The van der Waals surface area contributed by atoms with Crippen molar-refractivity contribution >= 4 is 5.97 Å². The molecule has 0 fully saturated rings. The molecule has 37 heavy (non-hydrogen) atoms. The number of esters is 1. The summed E-state index contributed by atoms with van der Waals surface area (Å²) in [6.07, 6.45) is 11.2. The van der Waals surface area contributed by atoms with Crippen LogP contribution in [0.15, 0.2) is 85.5 Å². The Hall–Kier alpha value is -3.53. The van der Waals surface area contributed by atoms with Gasteiger partial charge in [-0.3, -0.25) is 0 Å². The minimum Gasteiger partial charge on any atom is -0.494 e. The number of unbranched alkanes of at least 4 members (excludes halogenated alkanes) is 5. The fourth-order valence-corrected chi connectivity index (χ4v) is 4.03. The number of allylic oxidation sites excluding steroid dienone is 1. The van der Waals surface area contributed by atoms with E-state index in [1.54, 1.807) is 24.3 Å². The Morgan fingerprint density at radius 2 is 1.41 bits per heavy atom. The third-order valence-corrected chi connectivity index (χ3v) is 6.22. The summed E-state index contributed by atoms with van der Waals surface area (Å²) in [6.45, 7) is 8.76. The maximum absolute atomic E-state index is 12.6. The van der Waals surface area contributed by atoms with Crippen LogP contribution in [0.3, 0.4) is 0 Å². The molecule has 3 aromatic rings. The lowest BCUT2D eigenvalue weighted by atomic mass is 10.0. The van der Waals surface area contributed by atoms with E-state index in [1.165, 1.54) is 25.7 Å². The first kappa shape index (κ1) is 28.0. The molecule has 1 atom stereocenters. The van der Waals surface area contributed by atoms with Crippen molar-refractivity contribution in [2.45, 2.75) is 71.3 Å². The van der Waals surface area contributed by atoms with Gasteiger partial charge in [-0.25, -0.2) is 4.79 Å². The van der Waals surface area contributed by atoms with E-state index < -0.39 is 0 Å². The molecule has 0 N–H and O–H groups in total. The Morgan fingerprint density at radius 1 is 0.784 bits per heavy atom. The van der Waals surface area contributed by atoms with Crippen molar-refractivity contribution in [3.8, 4) is 28.4 Å². The largest absolute Gasteiger partial charge is 0.494 e. The van der Waals surface area contributed by atoms with Crippen LogP contribution in [0.5, 0.6) is 17.2 Å². The Morgan fingerprint density at radius 3 is 2.05 bits per heavy atom. The monoisotopic (exact) mass is 500 g/mol. The zero-order chi connectivity index (χ0) is 26.3. The van der Waals surface area contributed by atoms with Crippen LogP contribution in [0, 0.1) is 0 Å². The van der Waals surface area contributed by atoms with E-state index in [4.69, 9.17) is 14.2 Å². The van der Waals surface area contributed by atoms with Crippen LogP contribution in [-0.2, 0) is 0 Å². The average molecular weight is 501 g/mol. The van der Waals surface area contributed by atoms with Crippen molar-refractivity contribution in [2.75, 3.05) is 6.61 Å². The highest BCUT2D eigenvalue weighted by Crippen LogP contribution is 2.24. The molecule has 1 unspecified atom stereocenters. The van der Waals surface area contributed by atoms with Crippen LogP contribution < -0.4 is 14.2 Å². The van der Waals surface area contributed by atoms with Gasteiger partial charge < -0.3 is 14.2 Å². The van der Waals surface area contributed by atoms with Gasteiger partial charge in [-0.05, 0) is 98.7 Å². The van der Waals surface area contributed by atoms with Crippen molar-refractivity contribution in [1.29, 1.82) is 0 Å². The predicted octanol–water partition coefficient (Wildman–Crippen LogP) is 9.05. The molecule has 3 aromatic carbocycles. The van der Waals surface area contributed by atoms with Crippen LogP contribution in [-0.4, -0.2) is 18.7 Å². The maximum atomic E-state index is 12.6. The SMILES string of the molecule is C=CCCCCOc1ccc(-c2ccc(C(=O)Oc3ccc(OC(C)CCCCCC)cc3)cc2)cc1. The molecule has 0 heterocycles. The lowest BCUT2D eigenvalue weighted by Gasteiger charge is -2.15. The molecule has 4 nitrogen and oxygen atoms in total. The fourth-order valence-electron chi connectivity index (χ4n) is 4.03. The molecule has 0 spiro atoms. The predicted molar refractivity (Wildman–Crippen MR) is 152 cm³/mol. The van der Waals surface area contributed by atoms with E-state index in [0.29, 0.717) is 17.9 Å². The first-order valence-corrected chi connectivity index (χ1v) is 13.5. The smallest absolute Gasteiger partial charge is 0.343 e. The first-order chi connectivity index (χ1) is 18.1. The summed E-state index contributed by atoms with van der Waals surface area (Å²) in [5.74, 6) is 1.76. The van der Waals surface area contributed by atoms with E-state index >= 15 is 0 Å². The fraction of sp³-hybridized carbons (Fsp3) is 0.364. The first-order valence-electron chi connectivity index (χ1n) is 13.5. The van der Waals surface area contributed by atoms with Gasteiger partial charge in [-0.15, -0.1) is 6.58 Å². The number of rotatable bonds is 16. The van der Waals surface area contributed by atoms with Gasteiger partial charge in [0, 0.05) is 0 Å².